The molecule has 0 saturated heterocycles. The number of hydrogen-bond acceptors (Lipinski definition) is 2. The van der Waals surface area contributed by atoms with Gasteiger partial charge in [-0.15, -0.1) is 0 Å². The normalized spacial score (nSPS) is 11.2. The van der Waals surface area contributed by atoms with Crippen molar-refractivity contribution in [1.82, 2.24) is 5.32 Å². The SMILES string of the molecule is Cc1ccc(OCCCC(=O)NC(C)(C)C)c(Br)c1. The van der Waals surface area contributed by atoms with Crippen molar-refractivity contribution in [1.29, 1.82) is 0 Å². The summed E-state index contributed by atoms with van der Waals surface area (Å²) in [6.45, 7) is 8.51. The molecule has 0 spiro atoms. The number of benzene rings is 1. The summed E-state index contributed by atoms with van der Waals surface area (Å²) in [4.78, 5) is 11.6. The molecule has 106 valence electrons. The van der Waals surface area contributed by atoms with Gasteiger partial charge in [-0.1, -0.05) is 6.07 Å². The lowest BCUT2D eigenvalue weighted by Crippen LogP contribution is -2.40. The van der Waals surface area contributed by atoms with Gasteiger partial charge >= 0.3 is 0 Å². The maximum Gasteiger partial charge on any atom is 0.220 e. The molecule has 0 unspecified atom stereocenters. The van der Waals surface area contributed by atoms with Crippen LogP contribution in [0.2, 0.25) is 0 Å². The molecule has 4 heteroatoms. The minimum Gasteiger partial charge on any atom is -0.492 e. The molecule has 0 atom stereocenters. The number of rotatable bonds is 5. The summed E-state index contributed by atoms with van der Waals surface area (Å²) in [6.07, 6.45) is 1.20. The van der Waals surface area contributed by atoms with Crippen molar-refractivity contribution >= 4 is 21.8 Å². The summed E-state index contributed by atoms with van der Waals surface area (Å²) in [6, 6.07) is 5.96. The van der Waals surface area contributed by atoms with Crippen molar-refractivity contribution in [2.75, 3.05) is 6.61 Å². The number of hydrogen-bond donors (Lipinski definition) is 1. The van der Waals surface area contributed by atoms with Crippen molar-refractivity contribution in [3.8, 4) is 5.75 Å². The Bertz CT molecular complexity index is 438. The molecule has 0 bridgehead atoms. The maximum atomic E-state index is 11.6. The third-order valence-electron chi connectivity index (χ3n) is 2.41. The van der Waals surface area contributed by atoms with Gasteiger partial charge in [0.1, 0.15) is 5.75 Å². The first-order chi connectivity index (χ1) is 8.78. The second kappa shape index (κ2) is 6.94. The molecule has 0 aromatic heterocycles. The van der Waals surface area contributed by atoms with Crippen molar-refractivity contribution in [3.05, 3.63) is 28.2 Å². The predicted octanol–water partition coefficient (Wildman–Crippen LogP) is 3.83. The zero-order valence-electron chi connectivity index (χ0n) is 12.0. The van der Waals surface area contributed by atoms with Crippen molar-refractivity contribution in [2.24, 2.45) is 0 Å². The molecular weight excluding hydrogens is 306 g/mol. The average molecular weight is 328 g/mol. The van der Waals surface area contributed by atoms with Gasteiger partial charge < -0.3 is 10.1 Å². The van der Waals surface area contributed by atoms with Crippen LogP contribution in [0, 0.1) is 6.92 Å². The van der Waals surface area contributed by atoms with Gasteiger partial charge in [-0.3, -0.25) is 4.79 Å². The second-order valence-corrected chi connectivity index (χ2v) is 6.54. The Morgan fingerprint density at radius 2 is 2.05 bits per heavy atom. The van der Waals surface area contributed by atoms with Crippen LogP contribution in [-0.4, -0.2) is 18.1 Å². The molecule has 1 aromatic carbocycles. The quantitative estimate of drug-likeness (QED) is 0.834. The van der Waals surface area contributed by atoms with Crippen LogP contribution in [0.5, 0.6) is 5.75 Å². The highest BCUT2D eigenvalue weighted by atomic mass is 79.9. The van der Waals surface area contributed by atoms with Crippen LogP contribution in [0.1, 0.15) is 39.2 Å². The number of carbonyl (C=O) groups excluding carboxylic acids is 1. The van der Waals surface area contributed by atoms with Gasteiger partial charge in [-0.2, -0.15) is 0 Å². The molecule has 1 amide bonds. The Morgan fingerprint density at radius 1 is 1.37 bits per heavy atom. The molecule has 0 saturated carbocycles. The van der Waals surface area contributed by atoms with Gasteiger partial charge in [0.2, 0.25) is 5.91 Å². The summed E-state index contributed by atoms with van der Waals surface area (Å²) < 4.78 is 6.60. The minimum absolute atomic E-state index is 0.0686. The van der Waals surface area contributed by atoms with E-state index in [1.807, 2.05) is 45.9 Å². The maximum absolute atomic E-state index is 11.6. The Kier molecular flexibility index (Phi) is 5.85. The number of aryl methyl sites for hydroxylation is 1. The fraction of sp³-hybridized carbons (Fsp3) is 0.533. The van der Waals surface area contributed by atoms with Gasteiger partial charge in [0.15, 0.2) is 0 Å². The van der Waals surface area contributed by atoms with Crippen molar-refractivity contribution in [3.63, 3.8) is 0 Å². The zero-order valence-corrected chi connectivity index (χ0v) is 13.6. The van der Waals surface area contributed by atoms with Crippen molar-refractivity contribution in [2.45, 2.75) is 46.1 Å². The molecule has 1 aromatic rings. The van der Waals surface area contributed by atoms with Crippen LogP contribution in [-0.2, 0) is 4.79 Å². The predicted molar refractivity (Wildman–Crippen MR) is 81.5 cm³/mol. The molecule has 0 aliphatic rings. The molecule has 1 N–H and O–H groups in total. The topological polar surface area (TPSA) is 38.3 Å². The van der Waals surface area contributed by atoms with E-state index >= 15 is 0 Å². The zero-order chi connectivity index (χ0) is 14.5. The monoisotopic (exact) mass is 327 g/mol. The fourth-order valence-electron chi connectivity index (χ4n) is 1.62. The van der Waals surface area contributed by atoms with Crippen LogP contribution in [0.3, 0.4) is 0 Å². The van der Waals surface area contributed by atoms with E-state index in [1.54, 1.807) is 0 Å². The summed E-state index contributed by atoms with van der Waals surface area (Å²) in [5, 5.41) is 2.93. The molecule has 3 nitrogen and oxygen atoms in total. The lowest BCUT2D eigenvalue weighted by Gasteiger charge is -2.20. The lowest BCUT2D eigenvalue weighted by molar-refractivity contribution is -0.122. The van der Waals surface area contributed by atoms with Crippen LogP contribution >= 0.6 is 15.9 Å². The minimum atomic E-state index is -0.169. The smallest absolute Gasteiger partial charge is 0.220 e. The number of carbonyl (C=O) groups is 1. The Morgan fingerprint density at radius 3 is 2.63 bits per heavy atom. The van der Waals surface area contributed by atoms with E-state index in [0.717, 1.165) is 10.2 Å². The first-order valence-electron chi connectivity index (χ1n) is 6.48. The fourth-order valence-corrected chi connectivity index (χ4v) is 2.23. The molecule has 0 aliphatic carbocycles. The largest absolute Gasteiger partial charge is 0.492 e. The van der Waals surface area contributed by atoms with E-state index in [9.17, 15) is 4.79 Å². The van der Waals surface area contributed by atoms with Gasteiger partial charge in [0.25, 0.3) is 0 Å². The molecule has 0 aliphatic heterocycles. The van der Waals surface area contributed by atoms with Gasteiger partial charge in [0, 0.05) is 12.0 Å². The Labute approximate surface area is 123 Å². The number of ether oxygens (including phenoxy) is 1. The highest BCUT2D eigenvalue weighted by Gasteiger charge is 2.13. The Balaban J connectivity index is 2.29. The second-order valence-electron chi connectivity index (χ2n) is 5.68. The average Bonchev–Trinajstić information content (AvgIpc) is 2.24. The lowest BCUT2D eigenvalue weighted by atomic mass is 10.1. The third-order valence-corrected chi connectivity index (χ3v) is 3.03. The number of halogens is 1. The number of nitrogens with one attached hydrogen (secondary N) is 1. The summed E-state index contributed by atoms with van der Waals surface area (Å²) >= 11 is 3.46. The highest BCUT2D eigenvalue weighted by Crippen LogP contribution is 2.25. The molecule has 0 heterocycles. The van der Waals surface area contributed by atoms with E-state index in [-0.39, 0.29) is 11.4 Å². The summed E-state index contributed by atoms with van der Waals surface area (Å²) in [5.41, 5.74) is 1.02. The third kappa shape index (κ3) is 6.62. The van der Waals surface area contributed by atoms with Crippen molar-refractivity contribution < 1.29 is 9.53 Å². The van der Waals surface area contributed by atoms with Crippen LogP contribution in [0.25, 0.3) is 0 Å². The standard InChI is InChI=1S/C15H22BrNO2/c1-11-7-8-13(12(16)10-11)19-9-5-6-14(18)17-15(2,3)4/h7-8,10H,5-6,9H2,1-4H3,(H,17,18). The van der Waals surface area contributed by atoms with Crippen LogP contribution in [0.15, 0.2) is 22.7 Å². The van der Waals surface area contributed by atoms with E-state index in [4.69, 9.17) is 4.74 Å². The van der Waals surface area contributed by atoms with Gasteiger partial charge in [0.05, 0.1) is 11.1 Å². The summed E-state index contributed by atoms with van der Waals surface area (Å²) in [5.74, 6) is 0.890. The Hall–Kier alpha value is -1.03. The van der Waals surface area contributed by atoms with Gasteiger partial charge in [-0.05, 0) is 67.7 Å². The summed E-state index contributed by atoms with van der Waals surface area (Å²) in [7, 11) is 0. The first-order valence-corrected chi connectivity index (χ1v) is 7.27. The molecule has 19 heavy (non-hydrogen) atoms. The molecule has 1 rings (SSSR count). The molecule has 0 fully saturated rings. The molecular formula is C15H22BrNO2. The highest BCUT2D eigenvalue weighted by molar-refractivity contribution is 9.10. The van der Waals surface area contributed by atoms with Crippen LogP contribution in [0.4, 0.5) is 0 Å². The number of amides is 1. The first kappa shape index (κ1) is 16.0. The van der Waals surface area contributed by atoms with Gasteiger partial charge in [-0.25, -0.2) is 0 Å². The van der Waals surface area contributed by atoms with E-state index in [0.29, 0.717) is 19.4 Å². The van der Waals surface area contributed by atoms with E-state index in [2.05, 4.69) is 21.2 Å². The van der Waals surface area contributed by atoms with E-state index in [1.165, 1.54) is 5.56 Å². The van der Waals surface area contributed by atoms with Crippen LogP contribution < -0.4 is 10.1 Å². The van der Waals surface area contributed by atoms with E-state index < -0.39 is 0 Å². The molecule has 0 radical (unpaired) electrons.